The van der Waals surface area contributed by atoms with Gasteiger partial charge in [0, 0.05) is 41.8 Å². The van der Waals surface area contributed by atoms with Crippen molar-refractivity contribution in [2.75, 3.05) is 32.2 Å². The van der Waals surface area contributed by atoms with Crippen LogP contribution in [-0.2, 0) is 23.9 Å². The van der Waals surface area contributed by atoms with Gasteiger partial charge in [-0.2, -0.15) is 0 Å². The summed E-state index contributed by atoms with van der Waals surface area (Å²) in [5.41, 5.74) is 0.220. The molecule has 1 amide bonds. The smallest absolute Gasteiger partial charge is 0.358 e. The molecule has 0 spiro atoms. The zero-order valence-electron chi connectivity index (χ0n) is 17.1. The largest absolute Gasteiger partial charge is 0.428 e. The van der Waals surface area contributed by atoms with E-state index in [-0.39, 0.29) is 28.8 Å². The van der Waals surface area contributed by atoms with Crippen molar-refractivity contribution < 1.29 is 29.0 Å². The van der Waals surface area contributed by atoms with Crippen LogP contribution in [0.4, 0.5) is 0 Å². The van der Waals surface area contributed by atoms with Gasteiger partial charge in [-0.05, 0) is 6.92 Å². The number of β-lactam (4-membered cyclic amide) rings is 1. The number of esters is 2. The predicted octanol–water partition coefficient (Wildman–Crippen LogP) is 0.639. The van der Waals surface area contributed by atoms with Gasteiger partial charge in [0.1, 0.15) is 5.70 Å². The van der Waals surface area contributed by atoms with Gasteiger partial charge in [0.25, 0.3) is 0 Å². The lowest BCUT2D eigenvalue weighted by Gasteiger charge is -2.46. The number of carbonyl (C=O) groups excluding carboxylic acids is 3. The molecule has 2 fully saturated rings. The van der Waals surface area contributed by atoms with E-state index < -0.39 is 30.8 Å². The number of carbonyl (C=O) groups is 3. The minimum absolute atomic E-state index is 0.0872. The normalized spacial score (nSPS) is 29.3. The number of aliphatic hydroxyl groups excluding tert-OH is 1. The number of hydrogen-bond donors (Lipinski definition) is 1. The fraction of sp³-hybridized carbons (Fsp3) is 0.684. The van der Waals surface area contributed by atoms with Gasteiger partial charge in [-0.25, -0.2) is 4.79 Å². The predicted molar refractivity (Wildman–Crippen MR) is 112 cm³/mol. The van der Waals surface area contributed by atoms with Gasteiger partial charge in [0.05, 0.1) is 24.6 Å². The Labute approximate surface area is 183 Å². The van der Waals surface area contributed by atoms with Crippen LogP contribution in [0.25, 0.3) is 0 Å². The number of fused-ring (bicyclic) bond motifs is 1. The Morgan fingerprint density at radius 2 is 2.10 bits per heavy atom. The maximum Gasteiger partial charge on any atom is 0.358 e. The van der Waals surface area contributed by atoms with Crippen LogP contribution in [0.15, 0.2) is 15.6 Å². The van der Waals surface area contributed by atoms with Gasteiger partial charge in [-0.3, -0.25) is 14.6 Å². The molecule has 164 valence electrons. The van der Waals surface area contributed by atoms with E-state index >= 15 is 0 Å². The molecular formula is C19H25N3O6S2. The Kier molecular flexibility index (Phi) is 6.04. The molecule has 0 aromatic rings. The Hall–Kier alpha value is -1.72. The Morgan fingerprint density at radius 1 is 1.37 bits per heavy atom. The van der Waals surface area contributed by atoms with Crippen molar-refractivity contribution in [3.8, 4) is 0 Å². The van der Waals surface area contributed by atoms with E-state index in [1.54, 1.807) is 30.4 Å². The molecule has 0 aliphatic carbocycles. The fourth-order valence-corrected chi connectivity index (χ4v) is 6.66. The minimum atomic E-state index is -0.791. The van der Waals surface area contributed by atoms with Crippen LogP contribution in [0.5, 0.6) is 0 Å². The number of amides is 1. The van der Waals surface area contributed by atoms with Crippen LogP contribution in [0.1, 0.15) is 20.8 Å². The lowest BCUT2D eigenvalue weighted by molar-refractivity contribution is -0.171. The van der Waals surface area contributed by atoms with Crippen molar-refractivity contribution in [1.29, 1.82) is 0 Å². The van der Waals surface area contributed by atoms with E-state index in [1.807, 2.05) is 6.92 Å². The van der Waals surface area contributed by atoms with Crippen molar-refractivity contribution in [3.63, 3.8) is 0 Å². The minimum Gasteiger partial charge on any atom is -0.428 e. The molecular weight excluding hydrogens is 430 g/mol. The molecule has 30 heavy (non-hydrogen) atoms. The Bertz CT molecular complexity index is 823. The molecule has 4 heterocycles. The van der Waals surface area contributed by atoms with Crippen molar-refractivity contribution in [2.45, 2.75) is 38.2 Å². The molecule has 1 N–H and O–H groups in total. The van der Waals surface area contributed by atoms with Crippen LogP contribution in [0.3, 0.4) is 0 Å². The molecule has 11 heteroatoms. The summed E-state index contributed by atoms with van der Waals surface area (Å²) in [6, 6.07) is -0.262. The molecule has 0 radical (unpaired) electrons. The van der Waals surface area contributed by atoms with Gasteiger partial charge >= 0.3 is 11.9 Å². The van der Waals surface area contributed by atoms with E-state index in [9.17, 15) is 19.5 Å². The Morgan fingerprint density at radius 3 is 2.70 bits per heavy atom. The van der Waals surface area contributed by atoms with Crippen molar-refractivity contribution in [3.05, 3.63) is 10.6 Å². The second-order valence-electron chi connectivity index (χ2n) is 7.81. The van der Waals surface area contributed by atoms with Crippen molar-refractivity contribution in [2.24, 2.45) is 16.8 Å². The maximum absolute atomic E-state index is 12.8. The van der Waals surface area contributed by atoms with E-state index in [4.69, 9.17) is 9.47 Å². The lowest BCUT2D eigenvalue weighted by atomic mass is 9.79. The number of amidine groups is 1. The third kappa shape index (κ3) is 3.71. The van der Waals surface area contributed by atoms with E-state index in [1.165, 1.54) is 11.8 Å². The van der Waals surface area contributed by atoms with Gasteiger partial charge in [-0.15, -0.1) is 11.8 Å². The van der Waals surface area contributed by atoms with Crippen LogP contribution in [0, 0.1) is 11.8 Å². The van der Waals surface area contributed by atoms with E-state index in [2.05, 4.69) is 9.89 Å². The van der Waals surface area contributed by atoms with E-state index in [0.717, 1.165) is 35.5 Å². The number of thioether (sulfide) groups is 2. The fourth-order valence-electron chi connectivity index (χ4n) is 4.27. The molecule has 4 atom stereocenters. The molecule has 4 aliphatic rings. The second kappa shape index (κ2) is 8.43. The van der Waals surface area contributed by atoms with Gasteiger partial charge in [-0.1, -0.05) is 18.7 Å². The maximum atomic E-state index is 12.8. The Balaban J connectivity index is 1.49. The molecule has 4 aliphatic heterocycles. The van der Waals surface area contributed by atoms with Gasteiger partial charge in [0.15, 0.2) is 5.17 Å². The first-order valence-electron chi connectivity index (χ1n) is 9.94. The first-order chi connectivity index (χ1) is 14.3. The highest BCUT2D eigenvalue weighted by Gasteiger charge is 2.60. The average molecular weight is 456 g/mol. The third-order valence-corrected chi connectivity index (χ3v) is 8.22. The van der Waals surface area contributed by atoms with Crippen LogP contribution < -0.4 is 0 Å². The lowest BCUT2D eigenvalue weighted by Crippen LogP contribution is -2.63. The highest BCUT2D eigenvalue weighted by Crippen LogP contribution is 2.52. The molecule has 0 unspecified atom stereocenters. The van der Waals surface area contributed by atoms with Crippen molar-refractivity contribution in [1.82, 2.24) is 9.80 Å². The molecule has 0 saturated carbocycles. The van der Waals surface area contributed by atoms with Crippen LogP contribution in [0.2, 0.25) is 0 Å². The zero-order chi connectivity index (χ0) is 21.6. The molecule has 0 aromatic carbocycles. The number of nitrogens with zero attached hydrogens (tertiary/aromatic N) is 3. The number of likely N-dealkylation sites (tertiary alicyclic amines) is 1. The first-order valence-corrected chi connectivity index (χ1v) is 11.8. The zero-order valence-corrected chi connectivity index (χ0v) is 18.7. The summed E-state index contributed by atoms with van der Waals surface area (Å²) in [4.78, 5) is 45.4. The molecule has 9 nitrogen and oxygen atoms in total. The summed E-state index contributed by atoms with van der Waals surface area (Å²) in [6.45, 7) is 6.83. The molecule has 2 saturated heterocycles. The standard InChI is InChI=1S/C19H25N3O6S2/c1-9-14-13(10(2)23)17(25)22(14)15(18(26)28-8-27-11(3)24)16(9)30-12-6-21(7-12)19-20-4-5-29-19/h9-10,12-14,23H,4-8H2,1-3H3/t9-,10-,13-,14-/m1/s1. The summed E-state index contributed by atoms with van der Waals surface area (Å²) in [5.74, 6) is -1.11. The summed E-state index contributed by atoms with van der Waals surface area (Å²) in [6.07, 6.45) is -0.791. The van der Waals surface area contributed by atoms with Gasteiger partial charge < -0.3 is 24.4 Å². The summed E-state index contributed by atoms with van der Waals surface area (Å²) >= 11 is 3.36. The molecule has 4 rings (SSSR count). The van der Waals surface area contributed by atoms with Crippen LogP contribution >= 0.6 is 23.5 Å². The topological polar surface area (TPSA) is 109 Å². The number of aliphatic hydroxyl groups is 1. The number of rotatable bonds is 6. The highest BCUT2D eigenvalue weighted by molar-refractivity contribution is 8.14. The first kappa shape index (κ1) is 21.5. The summed E-state index contributed by atoms with van der Waals surface area (Å²) < 4.78 is 9.81. The van der Waals surface area contributed by atoms with Gasteiger partial charge in [0.2, 0.25) is 12.7 Å². The number of hydrogen-bond acceptors (Lipinski definition) is 10. The highest BCUT2D eigenvalue weighted by atomic mass is 32.2. The third-order valence-electron chi connectivity index (χ3n) is 5.74. The summed E-state index contributed by atoms with van der Waals surface area (Å²) in [7, 11) is 0. The average Bonchev–Trinajstić information content (AvgIpc) is 3.23. The summed E-state index contributed by atoms with van der Waals surface area (Å²) in [5, 5.41) is 11.4. The van der Waals surface area contributed by atoms with Crippen molar-refractivity contribution >= 4 is 46.5 Å². The monoisotopic (exact) mass is 455 g/mol. The molecule has 0 bridgehead atoms. The van der Waals surface area contributed by atoms with Crippen LogP contribution in [-0.4, -0.2) is 87.5 Å². The number of ether oxygens (including phenoxy) is 2. The quantitative estimate of drug-likeness (QED) is 0.351. The van der Waals surface area contributed by atoms with E-state index in [0.29, 0.717) is 0 Å². The second-order valence-corrected chi connectivity index (χ2v) is 10.2. The molecule has 0 aromatic heterocycles. The number of aliphatic imine (C=N–C) groups is 1. The SMILES string of the molecule is CC(=O)OCOC(=O)C1=C(SC2CN(C3=NCCS3)C2)[C@H](C)[C@@H]2[C@@H]([C@@H](C)O)C(=O)N12.